The van der Waals surface area contributed by atoms with Gasteiger partial charge in [-0.1, -0.05) is 18.2 Å². The fourth-order valence-corrected chi connectivity index (χ4v) is 4.54. The monoisotopic (exact) mass is 502 g/mol. The van der Waals surface area contributed by atoms with Crippen LogP contribution >= 0.6 is 0 Å². The Morgan fingerprint density at radius 3 is 2.72 bits per heavy atom. The lowest BCUT2D eigenvalue weighted by Crippen LogP contribution is -2.47. The number of rotatable bonds is 5. The number of H-pyrrole nitrogens is 2. The first kappa shape index (κ1) is 24.0. The summed E-state index contributed by atoms with van der Waals surface area (Å²) in [6.07, 6.45) is -3.78. The molecule has 1 saturated heterocycles. The van der Waals surface area contributed by atoms with E-state index in [1.54, 1.807) is 6.07 Å². The molecule has 5 rings (SSSR count). The molecule has 3 N–H and O–H groups in total. The number of fused-ring (bicyclic) bond motifs is 1. The highest BCUT2D eigenvalue weighted by Crippen LogP contribution is 2.34. The average molecular weight is 502 g/mol. The Morgan fingerprint density at radius 1 is 1.22 bits per heavy atom. The molecule has 0 unspecified atom stereocenters. The molecule has 0 spiro atoms. The second kappa shape index (κ2) is 9.07. The van der Waals surface area contributed by atoms with E-state index in [0.29, 0.717) is 29.9 Å². The van der Waals surface area contributed by atoms with Crippen molar-refractivity contribution in [1.29, 1.82) is 0 Å². The van der Waals surface area contributed by atoms with Crippen molar-refractivity contribution in [3.05, 3.63) is 71.2 Å². The number of piperidine rings is 1. The molecule has 2 aromatic heterocycles. The third-order valence-electron chi connectivity index (χ3n) is 6.39. The summed E-state index contributed by atoms with van der Waals surface area (Å²) in [5.41, 5.74) is -0.116. The number of ether oxygens (including phenoxy) is 1. The minimum Gasteiger partial charge on any atom is -0.389 e. The zero-order valence-electron chi connectivity index (χ0n) is 19.1. The Hall–Kier alpha value is -3.70. The van der Waals surface area contributed by atoms with Gasteiger partial charge in [-0.3, -0.25) is 4.79 Å². The van der Waals surface area contributed by atoms with Gasteiger partial charge in [0.25, 0.3) is 0 Å². The summed E-state index contributed by atoms with van der Waals surface area (Å²) in [5, 5.41) is 10.3. The van der Waals surface area contributed by atoms with Crippen LogP contribution in [-0.2, 0) is 10.9 Å². The van der Waals surface area contributed by atoms with Crippen LogP contribution in [0.5, 0.6) is 0 Å². The molecule has 2 aromatic carbocycles. The molecule has 2 atom stereocenters. The second-order valence-corrected chi connectivity index (χ2v) is 8.66. The fourth-order valence-electron chi connectivity index (χ4n) is 4.54. The van der Waals surface area contributed by atoms with Gasteiger partial charge in [0.05, 0.1) is 29.0 Å². The number of anilines is 1. The number of aliphatic hydroxyl groups excluding tert-OH is 1. The Morgan fingerprint density at radius 2 is 2.00 bits per heavy atom. The van der Waals surface area contributed by atoms with Gasteiger partial charge < -0.3 is 24.7 Å². The van der Waals surface area contributed by atoms with Crippen LogP contribution in [0.2, 0.25) is 0 Å². The normalized spacial score (nSPS) is 18.7. The SMILES string of the molecule is CO[C@H]1CCN(c2cc(F)c3nc(-c4cc(C(=O)c5ccccc5C(F)(F)F)c[nH]4)[nH]c3c2)C[C@@H]1O. The largest absolute Gasteiger partial charge is 0.417 e. The first-order valence-electron chi connectivity index (χ1n) is 11.2. The van der Waals surface area contributed by atoms with Crippen molar-refractivity contribution in [1.82, 2.24) is 15.0 Å². The molecule has 0 saturated carbocycles. The molecule has 188 valence electrons. The van der Waals surface area contributed by atoms with Crippen molar-refractivity contribution in [2.75, 3.05) is 25.1 Å². The van der Waals surface area contributed by atoms with E-state index < -0.39 is 35.0 Å². The van der Waals surface area contributed by atoms with Gasteiger partial charge in [-0.05, 0) is 30.7 Å². The van der Waals surface area contributed by atoms with Gasteiger partial charge in [0.1, 0.15) is 5.52 Å². The standard InChI is InChI=1S/C25H22F4N4O3/c1-36-21-6-7-33(12-20(21)34)14-9-17(26)22-18(10-14)31-24(32-22)19-8-13(11-30-19)23(35)15-4-2-3-5-16(15)25(27,28)29/h2-5,8-11,20-21,30,34H,6-7,12H2,1H3,(H,31,32)/t20-,21-/m0/s1. The van der Waals surface area contributed by atoms with Gasteiger partial charge in [-0.2, -0.15) is 13.2 Å². The maximum absolute atomic E-state index is 14.9. The number of hydrogen-bond acceptors (Lipinski definition) is 5. The van der Waals surface area contributed by atoms with Crippen LogP contribution < -0.4 is 4.90 Å². The molecule has 36 heavy (non-hydrogen) atoms. The Bertz CT molecular complexity index is 1430. The molecule has 3 heterocycles. The van der Waals surface area contributed by atoms with E-state index in [1.165, 1.54) is 37.6 Å². The molecule has 4 aromatic rings. The lowest BCUT2D eigenvalue weighted by Gasteiger charge is -2.36. The van der Waals surface area contributed by atoms with E-state index in [4.69, 9.17) is 4.74 Å². The van der Waals surface area contributed by atoms with Crippen molar-refractivity contribution in [3.8, 4) is 11.5 Å². The van der Waals surface area contributed by atoms with Crippen LogP contribution in [-0.4, -0.2) is 58.2 Å². The third-order valence-corrected chi connectivity index (χ3v) is 6.39. The summed E-state index contributed by atoms with van der Waals surface area (Å²) in [6, 6.07) is 9.00. The van der Waals surface area contributed by atoms with E-state index in [-0.39, 0.29) is 29.6 Å². The highest BCUT2D eigenvalue weighted by atomic mass is 19.4. The summed E-state index contributed by atoms with van der Waals surface area (Å²) < 4.78 is 60.2. The molecule has 1 aliphatic heterocycles. The molecule has 1 fully saturated rings. The number of carbonyl (C=O) groups excluding carboxylic acids is 1. The van der Waals surface area contributed by atoms with Crippen LogP contribution in [0.25, 0.3) is 22.6 Å². The number of halogens is 4. The number of carbonyl (C=O) groups is 1. The number of ketones is 1. The highest BCUT2D eigenvalue weighted by molar-refractivity contribution is 6.10. The number of hydrogen-bond donors (Lipinski definition) is 3. The highest BCUT2D eigenvalue weighted by Gasteiger charge is 2.35. The number of aromatic amines is 2. The molecule has 0 aliphatic carbocycles. The smallest absolute Gasteiger partial charge is 0.389 e. The number of alkyl halides is 3. The van der Waals surface area contributed by atoms with Crippen molar-refractivity contribution in [3.63, 3.8) is 0 Å². The van der Waals surface area contributed by atoms with Gasteiger partial charge >= 0.3 is 6.18 Å². The van der Waals surface area contributed by atoms with Crippen LogP contribution in [0, 0.1) is 5.82 Å². The summed E-state index contributed by atoms with van der Waals surface area (Å²) >= 11 is 0. The molecule has 0 amide bonds. The van der Waals surface area contributed by atoms with Crippen LogP contribution in [0.1, 0.15) is 27.9 Å². The molecule has 7 nitrogen and oxygen atoms in total. The van der Waals surface area contributed by atoms with Gasteiger partial charge in [0.15, 0.2) is 17.4 Å². The Kier molecular flexibility index (Phi) is 6.05. The summed E-state index contributed by atoms with van der Waals surface area (Å²) in [5.74, 6) is -1.15. The van der Waals surface area contributed by atoms with E-state index >= 15 is 0 Å². The van der Waals surface area contributed by atoms with Crippen LogP contribution in [0.3, 0.4) is 0 Å². The number of aromatic nitrogens is 3. The first-order valence-corrected chi connectivity index (χ1v) is 11.2. The van der Waals surface area contributed by atoms with Crippen molar-refractivity contribution >= 4 is 22.5 Å². The Balaban J connectivity index is 1.43. The lowest BCUT2D eigenvalue weighted by molar-refractivity contribution is -0.137. The van der Waals surface area contributed by atoms with Gasteiger partial charge in [0.2, 0.25) is 0 Å². The van der Waals surface area contributed by atoms with Gasteiger partial charge in [-0.25, -0.2) is 9.37 Å². The third kappa shape index (κ3) is 4.35. The lowest BCUT2D eigenvalue weighted by atomic mass is 9.99. The number of benzene rings is 2. The topological polar surface area (TPSA) is 94.2 Å². The first-order chi connectivity index (χ1) is 17.2. The maximum atomic E-state index is 14.9. The number of β-amino-alcohol motifs (C(OH)–C–C–N with tert-alkyl or cyclic N) is 1. The van der Waals surface area contributed by atoms with E-state index in [1.807, 2.05) is 4.90 Å². The minimum absolute atomic E-state index is 0.0123. The molecule has 0 radical (unpaired) electrons. The summed E-state index contributed by atoms with van der Waals surface area (Å²) in [6.45, 7) is 0.856. The fraction of sp³-hybridized carbons (Fsp3) is 0.280. The van der Waals surface area contributed by atoms with Crippen LogP contribution in [0.15, 0.2) is 48.7 Å². The molecule has 1 aliphatic rings. The predicted octanol–water partition coefficient (Wildman–Crippen LogP) is 4.53. The number of imidazole rings is 1. The maximum Gasteiger partial charge on any atom is 0.417 e. The van der Waals surface area contributed by atoms with Crippen LogP contribution in [0.4, 0.5) is 23.2 Å². The van der Waals surface area contributed by atoms with Crippen molar-refractivity contribution in [2.45, 2.75) is 24.8 Å². The van der Waals surface area contributed by atoms with E-state index in [9.17, 15) is 27.5 Å². The quantitative estimate of drug-likeness (QED) is 0.275. The molecule has 0 bridgehead atoms. The number of nitrogens with one attached hydrogen (secondary N) is 2. The zero-order chi connectivity index (χ0) is 25.6. The number of aliphatic hydroxyl groups is 1. The average Bonchev–Trinajstić information content (AvgIpc) is 3.51. The molecular weight excluding hydrogens is 480 g/mol. The number of methoxy groups -OCH3 is 1. The van der Waals surface area contributed by atoms with Crippen molar-refractivity contribution < 1.29 is 32.2 Å². The van der Waals surface area contributed by atoms with E-state index in [0.717, 1.165) is 12.1 Å². The molecular formula is C25H22F4N4O3. The van der Waals surface area contributed by atoms with Gasteiger partial charge in [-0.15, -0.1) is 0 Å². The predicted molar refractivity (Wildman–Crippen MR) is 124 cm³/mol. The molecule has 11 heteroatoms. The Labute approximate surface area is 202 Å². The summed E-state index contributed by atoms with van der Waals surface area (Å²) in [4.78, 5) is 24.8. The number of nitrogens with zero attached hydrogens (tertiary/aromatic N) is 2. The second-order valence-electron chi connectivity index (χ2n) is 8.66. The zero-order valence-corrected chi connectivity index (χ0v) is 19.1. The van der Waals surface area contributed by atoms with Crippen molar-refractivity contribution in [2.24, 2.45) is 0 Å². The summed E-state index contributed by atoms with van der Waals surface area (Å²) in [7, 11) is 1.54. The van der Waals surface area contributed by atoms with E-state index in [2.05, 4.69) is 15.0 Å². The minimum atomic E-state index is -4.67. The van der Waals surface area contributed by atoms with Gasteiger partial charge in [0, 0.05) is 43.2 Å².